The van der Waals surface area contributed by atoms with Gasteiger partial charge in [-0.3, -0.25) is 0 Å². The third kappa shape index (κ3) is 4.56. The van der Waals surface area contributed by atoms with Gasteiger partial charge in [-0.1, -0.05) is 0 Å². The average molecular weight is 285 g/mol. The van der Waals surface area contributed by atoms with E-state index in [0.29, 0.717) is 23.1 Å². The molecule has 1 rings (SSSR count). The van der Waals surface area contributed by atoms with Gasteiger partial charge in [0.25, 0.3) is 0 Å². The second kappa shape index (κ2) is 7.71. The number of nitrogen functional groups attached to an aromatic ring is 2. The van der Waals surface area contributed by atoms with Gasteiger partial charge in [0.05, 0.1) is 0 Å². The Morgan fingerprint density at radius 1 is 0.938 bits per heavy atom. The van der Waals surface area contributed by atoms with Gasteiger partial charge in [-0.15, -0.1) is 35.6 Å². The van der Waals surface area contributed by atoms with Crippen molar-refractivity contribution in [2.45, 2.75) is 0 Å². The van der Waals surface area contributed by atoms with Crippen molar-refractivity contribution in [1.29, 1.82) is 0 Å². The first-order valence-corrected chi connectivity index (χ1v) is 5.77. The SMILES string of the molecule is Cl.Nc1cc(N)cc(N(CCCl)CCCl)c1. The third-order valence-corrected chi connectivity index (χ3v) is 2.37. The molecule has 0 saturated heterocycles. The Labute approximate surface area is 112 Å². The molecule has 0 spiro atoms. The summed E-state index contributed by atoms with van der Waals surface area (Å²) in [6.45, 7) is 1.47. The minimum absolute atomic E-state index is 0. The third-order valence-electron chi connectivity index (χ3n) is 2.04. The summed E-state index contributed by atoms with van der Waals surface area (Å²) in [5.41, 5.74) is 13.7. The van der Waals surface area contributed by atoms with Gasteiger partial charge in [-0.25, -0.2) is 0 Å². The van der Waals surface area contributed by atoms with Crippen molar-refractivity contribution < 1.29 is 0 Å². The fourth-order valence-corrected chi connectivity index (χ4v) is 1.82. The monoisotopic (exact) mass is 283 g/mol. The Morgan fingerprint density at radius 3 is 1.75 bits per heavy atom. The first-order valence-electron chi connectivity index (χ1n) is 4.70. The van der Waals surface area contributed by atoms with Gasteiger partial charge in [0.2, 0.25) is 0 Å². The number of alkyl halides is 2. The smallest absolute Gasteiger partial charge is 0.0408 e. The van der Waals surface area contributed by atoms with Gasteiger partial charge in [-0.2, -0.15) is 0 Å². The summed E-state index contributed by atoms with van der Waals surface area (Å²) in [5.74, 6) is 1.09. The molecular weight excluding hydrogens is 268 g/mol. The van der Waals surface area contributed by atoms with Crippen molar-refractivity contribution in [1.82, 2.24) is 0 Å². The van der Waals surface area contributed by atoms with E-state index in [1.165, 1.54) is 0 Å². The lowest BCUT2D eigenvalue weighted by Crippen LogP contribution is -2.27. The highest BCUT2D eigenvalue weighted by Crippen LogP contribution is 2.22. The molecule has 1 aromatic rings. The molecule has 0 fully saturated rings. The first kappa shape index (κ1) is 15.5. The number of halogens is 3. The standard InChI is InChI=1S/C10H15Cl2N3.ClH/c11-1-3-15(4-2-12)10-6-8(13)5-9(14)7-10;/h5-7H,1-4,13-14H2;1H. The lowest BCUT2D eigenvalue weighted by Gasteiger charge is -2.23. The van der Waals surface area contributed by atoms with Crippen molar-refractivity contribution in [3.63, 3.8) is 0 Å². The minimum Gasteiger partial charge on any atom is -0.399 e. The maximum Gasteiger partial charge on any atom is 0.0408 e. The summed E-state index contributed by atoms with van der Waals surface area (Å²) in [6.07, 6.45) is 0. The minimum atomic E-state index is 0. The van der Waals surface area contributed by atoms with E-state index in [4.69, 9.17) is 34.7 Å². The van der Waals surface area contributed by atoms with E-state index in [1.807, 2.05) is 12.1 Å². The van der Waals surface area contributed by atoms with Gasteiger partial charge < -0.3 is 16.4 Å². The Hall–Kier alpha value is -0.510. The highest BCUT2D eigenvalue weighted by molar-refractivity contribution is 6.18. The number of nitrogens with zero attached hydrogens (tertiary/aromatic N) is 1. The summed E-state index contributed by atoms with van der Waals surface area (Å²) >= 11 is 11.4. The molecule has 16 heavy (non-hydrogen) atoms. The van der Waals surface area contributed by atoms with Crippen molar-refractivity contribution in [3.8, 4) is 0 Å². The number of anilines is 3. The predicted octanol–water partition coefficient (Wildman–Crippen LogP) is 2.56. The fourth-order valence-electron chi connectivity index (χ4n) is 1.42. The quantitative estimate of drug-likeness (QED) is 0.645. The molecule has 3 nitrogen and oxygen atoms in total. The van der Waals surface area contributed by atoms with Crippen LogP contribution >= 0.6 is 35.6 Å². The van der Waals surface area contributed by atoms with Crippen molar-refractivity contribution in [2.75, 3.05) is 41.2 Å². The van der Waals surface area contributed by atoms with E-state index < -0.39 is 0 Å². The van der Waals surface area contributed by atoms with Crippen LogP contribution in [0.2, 0.25) is 0 Å². The molecule has 92 valence electrons. The Morgan fingerprint density at radius 2 is 1.38 bits per heavy atom. The Kier molecular flexibility index (Phi) is 7.47. The normalized spacial score (nSPS) is 9.62. The second-order valence-corrected chi connectivity index (χ2v) is 3.98. The van der Waals surface area contributed by atoms with E-state index in [1.54, 1.807) is 6.07 Å². The average Bonchev–Trinajstić information content (AvgIpc) is 2.16. The van der Waals surface area contributed by atoms with Crippen LogP contribution in [-0.4, -0.2) is 24.8 Å². The molecule has 0 saturated carbocycles. The van der Waals surface area contributed by atoms with Crippen LogP contribution in [0.3, 0.4) is 0 Å². The number of rotatable bonds is 5. The van der Waals surface area contributed by atoms with E-state index in [2.05, 4.69) is 4.90 Å². The maximum atomic E-state index is 5.72. The van der Waals surface area contributed by atoms with Crippen LogP contribution in [0.25, 0.3) is 0 Å². The molecule has 0 bridgehead atoms. The van der Waals surface area contributed by atoms with E-state index in [9.17, 15) is 0 Å². The highest BCUT2D eigenvalue weighted by Gasteiger charge is 2.06. The lowest BCUT2D eigenvalue weighted by atomic mass is 10.2. The molecule has 0 atom stereocenters. The van der Waals surface area contributed by atoms with Crippen LogP contribution in [0.15, 0.2) is 18.2 Å². The summed E-state index contributed by atoms with van der Waals surface area (Å²) in [6, 6.07) is 5.47. The van der Waals surface area contributed by atoms with Crippen LogP contribution in [0, 0.1) is 0 Å². The summed E-state index contributed by atoms with van der Waals surface area (Å²) in [5, 5.41) is 0. The van der Waals surface area contributed by atoms with Crippen molar-refractivity contribution in [2.24, 2.45) is 0 Å². The van der Waals surface area contributed by atoms with Crippen molar-refractivity contribution in [3.05, 3.63) is 18.2 Å². The Bertz CT molecular complexity index is 294. The van der Waals surface area contributed by atoms with Crippen molar-refractivity contribution >= 4 is 52.7 Å². The molecule has 0 amide bonds. The zero-order valence-corrected chi connectivity index (χ0v) is 11.2. The fraction of sp³-hybridized carbons (Fsp3) is 0.400. The number of nitrogens with two attached hydrogens (primary N) is 2. The predicted molar refractivity (Wildman–Crippen MR) is 76.2 cm³/mol. The van der Waals surface area contributed by atoms with Gasteiger partial charge in [0.15, 0.2) is 0 Å². The molecule has 0 aliphatic carbocycles. The summed E-state index contributed by atoms with van der Waals surface area (Å²) in [7, 11) is 0. The largest absolute Gasteiger partial charge is 0.399 e. The highest BCUT2D eigenvalue weighted by atomic mass is 35.5. The molecule has 0 aliphatic heterocycles. The molecule has 1 aromatic carbocycles. The molecule has 0 unspecified atom stereocenters. The van der Waals surface area contributed by atoms with Crippen LogP contribution < -0.4 is 16.4 Å². The molecule has 0 aliphatic rings. The summed E-state index contributed by atoms with van der Waals surface area (Å²) < 4.78 is 0. The number of benzene rings is 1. The Balaban J connectivity index is 0.00000225. The topological polar surface area (TPSA) is 55.3 Å². The second-order valence-electron chi connectivity index (χ2n) is 3.22. The van der Waals surface area contributed by atoms with E-state index in [-0.39, 0.29) is 12.4 Å². The maximum absolute atomic E-state index is 5.72. The zero-order valence-electron chi connectivity index (χ0n) is 8.83. The van der Waals surface area contributed by atoms with Crippen LogP contribution in [0.4, 0.5) is 17.1 Å². The van der Waals surface area contributed by atoms with Crippen LogP contribution in [0.5, 0.6) is 0 Å². The van der Waals surface area contributed by atoms with E-state index >= 15 is 0 Å². The summed E-state index contributed by atoms with van der Waals surface area (Å²) in [4.78, 5) is 2.06. The zero-order chi connectivity index (χ0) is 11.3. The van der Waals surface area contributed by atoms with Gasteiger partial charge in [-0.05, 0) is 18.2 Å². The molecule has 0 aromatic heterocycles. The number of hydrogen-bond acceptors (Lipinski definition) is 3. The molecule has 6 heteroatoms. The van der Waals surface area contributed by atoms with Gasteiger partial charge in [0.1, 0.15) is 0 Å². The van der Waals surface area contributed by atoms with Gasteiger partial charge >= 0.3 is 0 Å². The van der Waals surface area contributed by atoms with Gasteiger partial charge in [0, 0.05) is 41.9 Å². The van der Waals surface area contributed by atoms with Crippen LogP contribution in [-0.2, 0) is 0 Å². The van der Waals surface area contributed by atoms with E-state index in [0.717, 1.165) is 18.8 Å². The first-order chi connectivity index (χ1) is 7.17. The molecule has 4 N–H and O–H groups in total. The molecular formula is C10H16Cl3N3. The molecule has 0 radical (unpaired) electrons. The number of hydrogen-bond donors (Lipinski definition) is 2. The van der Waals surface area contributed by atoms with Crippen LogP contribution in [0.1, 0.15) is 0 Å². The molecule has 0 heterocycles. The lowest BCUT2D eigenvalue weighted by molar-refractivity contribution is 0.874.